The molecule has 1 aromatic heterocycles. The molecule has 0 aliphatic rings. The van der Waals surface area contributed by atoms with Crippen LogP contribution in [-0.4, -0.2) is 41.6 Å². The van der Waals surface area contributed by atoms with Gasteiger partial charge in [-0.1, -0.05) is 0 Å². The zero-order valence-corrected chi connectivity index (χ0v) is 12.4. The van der Waals surface area contributed by atoms with E-state index in [2.05, 4.69) is 5.32 Å². The molecule has 1 rings (SSSR count). The summed E-state index contributed by atoms with van der Waals surface area (Å²) in [7, 11) is 1.89. The van der Waals surface area contributed by atoms with Crippen LogP contribution < -0.4 is 16.6 Å². The number of nitrogens with two attached hydrogens (primary N) is 1. The van der Waals surface area contributed by atoms with Crippen molar-refractivity contribution in [1.29, 1.82) is 0 Å². The minimum Gasteiger partial charge on any atom is -0.398 e. The number of anilines is 1. The van der Waals surface area contributed by atoms with E-state index in [-0.39, 0.29) is 17.5 Å². The Balaban J connectivity index is 2.35. The van der Waals surface area contributed by atoms with Crippen molar-refractivity contribution < 1.29 is 4.79 Å². The van der Waals surface area contributed by atoms with E-state index in [4.69, 9.17) is 5.73 Å². The van der Waals surface area contributed by atoms with Crippen molar-refractivity contribution in [2.75, 3.05) is 25.9 Å². The molecule has 0 fully saturated rings. The summed E-state index contributed by atoms with van der Waals surface area (Å²) in [5, 5.41) is 2.85. The SMILES string of the molecule is CC(C)NC(=O)CN(C)CCCn1cc(N)ccc1=O. The lowest BCUT2D eigenvalue weighted by atomic mass is 10.3. The van der Waals surface area contributed by atoms with Crippen LogP contribution in [0.25, 0.3) is 0 Å². The second-order valence-electron chi connectivity index (χ2n) is 5.31. The highest BCUT2D eigenvalue weighted by molar-refractivity contribution is 5.78. The normalized spacial score (nSPS) is 11.1. The maximum atomic E-state index is 11.6. The first-order valence-corrected chi connectivity index (χ1v) is 6.82. The van der Waals surface area contributed by atoms with Crippen LogP contribution in [0, 0.1) is 0 Å². The smallest absolute Gasteiger partial charge is 0.250 e. The molecule has 0 spiro atoms. The molecular formula is C14H24N4O2. The molecule has 0 aliphatic heterocycles. The number of aromatic nitrogens is 1. The molecule has 1 amide bonds. The van der Waals surface area contributed by atoms with Crippen LogP contribution in [0.3, 0.4) is 0 Å². The molecule has 0 bridgehead atoms. The fourth-order valence-electron chi connectivity index (χ4n) is 1.93. The van der Waals surface area contributed by atoms with Gasteiger partial charge in [0.15, 0.2) is 0 Å². The Bertz CT molecular complexity index is 496. The molecular weight excluding hydrogens is 256 g/mol. The second-order valence-corrected chi connectivity index (χ2v) is 5.31. The lowest BCUT2D eigenvalue weighted by molar-refractivity contribution is -0.122. The maximum Gasteiger partial charge on any atom is 0.250 e. The summed E-state index contributed by atoms with van der Waals surface area (Å²) in [5.41, 5.74) is 6.17. The highest BCUT2D eigenvalue weighted by Crippen LogP contribution is 1.98. The van der Waals surface area contributed by atoms with Gasteiger partial charge in [-0.25, -0.2) is 0 Å². The third-order valence-corrected chi connectivity index (χ3v) is 2.81. The summed E-state index contributed by atoms with van der Waals surface area (Å²) in [6.45, 7) is 5.57. The van der Waals surface area contributed by atoms with Gasteiger partial charge in [0.05, 0.1) is 6.54 Å². The van der Waals surface area contributed by atoms with E-state index in [9.17, 15) is 9.59 Å². The molecule has 6 heteroatoms. The second kappa shape index (κ2) is 7.69. The van der Waals surface area contributed by atoms with Crippen LogP contribution >= 0.6 is 0 Å². The first-order chi connectivity index (χ1) is 9.38. The van der Waals surface area contributed by atoms with Crippen LogP contribution in [-0.2, 0) is 11.3 Å². The first-order valence-electron chi connectivity index (χ1n) is 6.82. The molecule has 0 radical (unpaired) electrons. The van der Waals surface area contributed by atoms with Crippen molar-refractivity contribution >= 4 is 11.6 Å². The number of rotatable bonds is 7. The van der Waals surface area contributed by atoms with Gasteiger partial charge in [0.2, 0.25) is 5.91 Å². The van der Waals surface area contributed by atoms with Gasteiger partial charge in [-0.15, -0.1) is 0 Å². The number of amides is 1. The highest BCUT2D eigenvalue weighted by Gasteiger charge is 2.07. The standard InChI is InChI=1S/C14H24N4O2/c1-11(2)16-13(19)10-17(3)7-4-8-18-9-12(15)5-6-14(18)20/h5-6,9,11H,4,7-8,10,15H2,1-3H3,(H,16,19). The predicted molar refractivity (Wildman–Crippen MR) is 80.5 cm³/mol. The highest BCUT2D eigenvalue weighted by atomic mass is 16.2. The van der Waals surface area contributed by atoms with E-state index in [1.165, 1.54) is 6.07 Å². The average molecular weight is 280 g/mol. The molecule has 0 aromatic carbocycles. The molecule has 3 N–H and O–H groups in total. The lowest BCUT2D eigenvalue weighted by Crippen LogP contribution is -2.39. The van der Waals surface area contributed by atoms with Crippen LogP contribution in [0.4, 0.5) is 5.69 Å². The van der Waals surface area contributed by atoms with E-state index in [1.807, 2.05) is 25.8 Å². The number of aryl methyl sites for hydroxylation is 1. The number of hydrogen-bond acceptors (Lipinski definition) is 4. The summed E-state index contributed by atoms with van der Waals surface area (Å²) in [6.07, 6.45) is 2.43. The quantitative estimate of drug-likeness (QED) is 0.751. The lowest BCUT2D eigenvalue weighted by Gasteiger charge is -2.17. The van der Waals surface area contributed by atoms with Crippen molar-refractivity contribution in [2.45, 2.75) is 32.9 Å². The number of carbonyl (C=O) groups is 1. The van der Waals surface area contributed by atoms with E-state index in [0.29, 0.717) is 18.8 Å². The fourth-order valence-corrected chi connectivity index (χ4v) is 1.93. The molecule has 112 valence electrons. The van der Waals surface area contributed by atoms with Crippen molar-refractivity contribution in [3.63, 3.8) is 0 Å². The molecule has 0 saturated carbocycles. The Morgan fingerprint density at radius 3 is 2.80 bits per heavy atom. The summed E-state index contributed by atoms with van der Waals surface area (Å²) in [6, 6.07) is 3.22. The number of nitrogen functional groups attached to an aromatic ring is 1. The van der Waals surface area contributed by atoms with Crippen molar-refractivity contribution in [1.82, 2.24) is 14.8 Å². The Labute approximate surface area is 119 Å². The molecule has 0 atom stereocenters. The largest absolute Gasteiger partial charge is 0.398 e. The van der Waals surface area contributed by atoms with Crippen LogP contribution in [0.15, 0.2) is 23.1 Å². The Morgan fingerprint density at radius 1 is 1.45 bits per heavy atom. The monoisotopic (exact) mass is 280 g/mol. The van der Waals surface area contributed by atoms with Gasteiger partial charge in [0.25, 0.3) is 5.56 Å². The zero-order chi connectivity index (χ0) is 15.1. The summed E-state index contributed by atoms with van der Waals surface area (Å²) < 4.78 is 1.59. The number of nitrogens with zero attached hydrogens (tertiary/aromatic N) is 2. The predicted octanol–water partition coefficient (Wildman–Crippen LogP) is 0.277. The van der Waals surface area contributed by atoms with E-state index >= 15 is 0 Å². The Kier molecular flexibility index (Phi) is 6.24. The van der Waals surface area contributed by atoms with Crippen molar-refractivity contribution in [2.24, 2.45) is 0 Å². The summed E-state index contributed by atoms with van der Waals surface area (Å²) in [4.78, 5) is 25.1. The van der Waals surface area contributed by atoms with E-state index in [0.717, 1.165) is 13.0 Å². The Morgan fingerprint density at radius 2 is 2.15 bits per heavy atom. The maximum absolute atomic E-state index is 11.6. The number of pyridine rings is 1. The Hall–Kier alpha value is -1.82. The van der Waals surface area contributed by atoms with Gasteiger partial charge >= 0.3 is 0 Å². The first kappa shape index (κ1) is 16.2. The molecule has 0 saturated heterocycles. The van der Waals surface area contributed by atoms with Gasteiger partial charge in [-0.05, 0) is 33.4 Å². The minimum absolute atomic E-state index is 0.0172. The van der Waals surface area contributed by atoms with Crippen LogP contribution in [0.5, 0.6) is 0 Å². The molecule has 20 heavy (non-hydrogen) atoms. The van der Waals surface area contributed by atoms with E-state index in [1.54, 1.807) is 16.8 Å². The molecule has 6 nitrogen and oxygen atoms in total. The summed E-state index contributed by atoms with van der Waals surface area (Å²) >= 11 is 0. The minimum atomic E-state index is -0.0561. The van der Waals surface area contributed by atoms with Gasteiger partial charge in [0, 0.05) is 37.1 Å². The van der Waals surface area contributed by atoms with Gasteiger partial charge in [-0.2, -0.15) is 0 Å². The van der Waals surface area contributed by atoms with Crippen LogP contribution in [0.2, 0.25) is 0 Å². The molecule has 0 unspecified atom stereocenters. The number of carbonyl (C=O) groups excluding carboxylic acids is 1. The van der Waals surface area contributed by atoms with Crippen molar-refractivity contribution in [3.8, 4) is 0 Å². The third-order valence-electron chi connectivity index (χ3n) is 2.81. The van der Waals surface area contributed by atoms with Gasteiger partial charge < -0.3 is 15.6 Å². The fraction of sp³-hybridized carbons (Fsp3) is 0.571. The van der Waals surface area contributed by atoms with E-state index < -0.39 is 0 Å². The van der Waals surface area contributed by atoms with Gasteiger partial charge in [0.1, 0.15) is 0 Å². The molecule has 0 aliphatic carbocycles. The average Bonchev–Trinajstić information content (AvgIpc) is 2.32. The molecule has 1 heterocycles. The topological polar surface area (TPSA) is 80.4 Å². The summed E-state index contributed by atoms with van der Waals surface area (Å²) in [5.74, 6) is 0.0172. The number of nitrogens with one attached hydrogen (secondary N) is 1. The number of likely N-dealkylation sites (N-methyl/N-ethyl adjacent to an activating group) is 1. The zero-order valence-electron chi connectivity index (χ0n) is 12.4. The number of hydrogen-bond donors (Lipinski definition) is 2. The van der Waals surface area contributed by atoms with Gasteiger partial charge in [-0.3, -0.25) is 14.5 Å². The van der Waals surface area contributed by atoms with Crippen molar-refractivity contribution in [3.05, 3.63) is 28.7 Å². The molecule has 1 aromatic rings. The third kappa shape index (κ3) is 5.88. The van der Waals surface area contributed by atoms with Crippen LogP contribution in [0.1, 0.15) is 20.3 Å².